The minimum atomic E-state index is -4.24. The first kappa shape index (κ1) is 14.7. The molecule has 0 fully saturated rings. The van der Waals surface area contributed by atoms with Crippen LogP contribution in [0, 0.1) is 5.92 Å². The second-order valence-corrected chi connectivity index (χ2v) is 3.83. The average molecular weight is 229 g/mol. The largest absolute Gasteiger partial charge is 0.401 e. The van der Waals surface area contributed by atoms with Crippen LogP contribution in [0.2, 0.25) is 0 Å². The lowest BCUT2D eigenvalue weighted by atomic mass is 10.2. The molecule has 0 rings (SSSR count). The Morgan fingerprint density at radius 1 is 1.27 bits per heavy atom. The molecular weight excluding hydrogens is 211 g/mol. The monoisotopic (exact) mass is 229 g/mol. The minimum absolute atomic E-state index is 0.0586. The highest BCUT2D eigenvalue weighted by molar-refractivity contribution is 4.61. The quantitative estimate of drug-likeness (QED) is 0.688. The van der Waals surface area contributed by atoms with Crippen molar-refractivity contribution in [2.75, 3.05) is 26.3 Å². The van der Waals surface area contributed by atoms with Gasteiger partial charge in [-0.15, -0.1) is 0 Å². The second kappa shape index (κ2) is 7.03. The van der Waals surface area contributed by atoms with Crippen LogP contribution < -0.4 is 5.32 Å². The van der Waals surface area contributed by atoms with E-state index in [-0.39, 0.29) is 13.2 Å². The molecule has 6 heteroatoms. The van der Waals surface area contributed by atoms with Crippen molar-refractivity contribution in [1.82, 2.24) is 5.32 Å². The zero-order chi connectivity index (χ0) is 11.9. The summed E-state index contributed by atoms with van der Waals surface area (Å²) in [4.78, 5) is 0. The van der Waals surface area contributed by atoms with Gasteiger partial charge in [0.25, 0.3) is 0 Å². The topological polar surface area (TPSA) is 41.5 Å². The van der Waals surface area contributed by atoms with Crippen molar-refractivity contribution in [1.29, 1.82) is 0 Å². The smallest absolute Gasteiger partial charge is 0.389 e. The minimum Gasteiger partial charge on any atom is -0.389 e. The van der Waals surface area contributed by atoms with E-state index in [0.717, 1.165) is 0 Å². The van der Waals surface area contributed by atoms with Gasteiger partial charge in [0.1, 0.15) is 0 Å². The SMILES string of the molecule is CC(C)COCC(O)CNCC(F)(F)F. The van der Waals surface area contributed by atoms with Crippen LogP contribution in [0.4, 0.5) is 13.2 Å². The molecule has 0 heterocycles. The average Bonchev–Trinajstić information content (AvgIpc) is 2.00. The molecule has 0 spiro atoms. The third-order valence-corrected chi connectivity index (χ3v) is 1.47. The summed E-state index contributed by atoms with van der Waals surface area (Å²) in [6, 6.07) is 0. The highest BCUT2D eigenvalue weighted by Crippen LogP contribution is 2.11. The van der Waals surface area contributed by atoms with E-state index in [2.05, 4.69) is 5.32 Å². The van der Waals surface area contributed by atoms with Crippen LogP contribution in [0.3, 0.4) is 0 Å². The highest BCUT2D eigenvalue weighted by atomic mass is 19.4. The predicted molar refractivity (Wildman–Crippen MR) is 50.6 cm³/mol. The number of ether oxygens (including phenoxy) is 1. The molecule has 15 heavy (non-hydrogen) atoms. The Hall–Kier alpha value is -0.330. The Bertz CT molecular complexity index is 162. The Labute approximate surface area is 87.6 Å². The van der Waals surface area contributed by atoms with Gasteiger partial charge in [-0.2, -0.15) is 13.2 Å². The fourth-order valence-electron chi connectivity index (χ4n) is 0.879. The summed E-state index contributed by atoms with van der Waals surface area (Å²) in [5.41, 5.74) is 0. The molecular formula is C9H18F3NO2. The van der Waals surface area contributed by atoms with E-state index < -0.39 is 18.8 Å². The number of aliphatic hydroxyl groups is 1. The van der Waals surface area contributed by atoms with Crippen LogP contribution in [0.25, 0.3) is 0 Å². The normalized spacial score (nSPS) is 14.6. The molecule has 0 aromatic rings. The summed E-state index contributed by atoms with van der Waals surface area (Å²) >= 11 is 0. The zero-order valence-corrected chi connectivity index (χ0v) is 8.97. The third kappa shape index (κ3) is 11.6. The maximum atomic E-state index is 11.7. The zero-order valence-electron chi connectivity index (χ0n) is 8.97. The van der Waals surface area contributed by atoms with Crippen molar-refractivity contribution in [3.05, 3.63) is 0 Å². The maximum Gasteiger partial charge on any atom is 0.401 e. The number of halogens is 3. The molecule has 0 aromatic heterocycles. The van der Waals surface area contributed by atoms with Crippen LogP contribution in [0.15, 0.2) is 0 Å². The Balaban J connectivity index is 3.37. The maximum absolute atomic E-state index is 11.7. The highest BCUT2D eigenvalue weighted by Gasteiger charge is 2.26. The summed E-state index contributed by atoms with van der Waals surface area (Å²) in [6.45, 7) is 3.26. The first-order valence-electron chi connectivity index (χ1n) is 4.84. The molecule has 0 saturated carbocycles. The second-order valence-electron chi connectivity index (χ2n) is 3.83. The summed E-state index contributed by atoms with van der Waals surface area (Å²) in [5, 5.41) is 11.3. The summed E-state index contributed by atoms with van der Waals surface area (Å²) in [7, 11) is 0. The van der Waals surface area contributed by atoms with E-state index in [4.69, 9.17) is 4.74 Å². The fourth-order valence-corrected chi connectivity index (χ4v) is 0.879. The summed E-state index contributed by atoms with van der Waals surface area (Å²) in [5.74, 6) is 0.348. The van der Waals surface area contributed by atoms with E-state index in [1.807, 2.05) is 13.8 Å². The number of rotatable bonds is 7. The van der Waals surface area contributed by atoms with Gasteiger partial charge in [0.2, 0.25) is 0 Å². The standard InChI is InChI=1S/C9H18F3NO2/c1-7(2)4-15-5-8(14)3-13-6-9(10,11)12/h7-8,13-14H,3-6H2,1-2H3. The predicted octanol–water partition coefficient (Wildman–Crippen LogP) is 1.17. The van der Waals surface area contributed by atoms with Gasteiger partial charge < -0.3 is 15.2 Å². The van der Waals surface area contributed by atoms with E-state index in [1.165, 1.54) is 0 Å². The van der Waals surface area contributed by atoms with Crippen LogP contribution >= 0.6 is 0 Å². The van der Waals surface area contributed by atoms with Gasteiger partial charge in [-0.05, 0) is 5.92 Å². The van der Waals surface area contributed by atoms with Gasteiger partial charge >= 0.3 is 6.18 Å². The Kier molecular flexibility index (Phi) is 6.87. The number of aliphatic hydroxyl groups excluding tert-OH is 1. The lowest BCUT2D eigenvalue weighted by Gasteiger charge is -2.14. The van der Waals surface area contributed by atoms with E-state index in [0.29, 0.717) is 12.5 Å². The third-order valence-electron chi connectivity index (χ3n) is 1.47. The molecule has 92 valence electrons. The molecule has 0 aliphatic carbocycles. The van der Waals surface area contributed by atoms with Gasteiger partial charge in [0.15, 0.2) is 0 Å². The van der Waals surface area contributed by atoms with E-state index >= 15 is 0 Å². The van der Waals surface area contributed by atoms with Crippen LogP contribution in [0.5, 0.6) is 0 Å². The van der Waals surface area contributed by atoms with Gasteiger partial charge in [0.05, 0.1) is 19.3 Å². The van der Waals surface area contributed by atoms with Crippen LogP contribution in [-0.2, 0) is 4.74 Å². The number of nitrogens with one attached hydrogen (secondary N) is 1. The molecule has 1 atom stereocenters. The van der Waals surface area contributed by atoms with Gasteiger partial charge in [-0.3, -0.25) is 0 Å². The molecule has 0 bridgehead atoms. The first-order valence-corrected chi connectivity index (χ1v) is 4.84. The van der Waals surface area contributed by atoms with Crippen molar-refractivity contribution in [2.45, 2.75) is 26.1 Å². The molecule has 0 radical (unpaired) electrons. The van der Waals surface area contributed by atoms with Gasteiger partial charge in [-0.25, -0.2) is 0 Å². The first-order chi connectivity index (χ1) is 6.81. The molecule has 0 saturated heterocycles. The van der Waals surface area contributed by atoms with Crippen molar-refractivity contribution in [2.24, 2.45) is 5.92 Å². The lowest BCUT2D eigenvalue weighted by molar-refractivity contribution is -0.125. The fraction of sp³-hybridized carbons (Fsp3) is 1.00. The molecule has 0 aliphatic heterocycles. The number of hydrogen-bond acceptors (Lipinski definition) is 3. The summed E-state index contributed by atoms with van der Waals surface area (Å²) in [6.07, 6.45) is -5.13. The van der Waals surface area contributed by atoms with Crippen molar-refractivity contribution in [3.8, 4) is 0 Å². The molecule has 0 aliphatic rings. The van der Waals surface area contributed by atoms with Gasteiger partial charge in [-0.1, -0.05) is 13.8 Å². The molecule has 2 N–H and O–H groups in total. The number of alkyl halides is 3. The van der Waals surface area contributed by atoms with Crippen molar-refractivity contribution in [3.63, 3.8) is 0 Å². The van der Waals surface area contributed by atoms with Crippen molar-refractivity contribution >= 4 is 0 Å². The summed E-state index contributed by atoms with van der Waals surface area (Å²) < 4.78 is 40.1. The van der Waals surface area contributed by atoms with E-state index in [9.17, 15) is 18.3 Å². The van der Waals surface area contributed by atoms with Crippen molar-refractivity contribution < 1.29 is 23.0 Å². The molecule has 0 aromatic carbocycles. The van der Waals surface area contributed by atoms with Crippen LogP contribution in [-0.4, -0.2) is 43.7 Å². The molecule has 0 amide bonds. The Morgan fingerprint density at radius 2 is 1.87 bits per heavy atom. The molecule has 1 unspecified atom stereocenters. The van der Waals surface area contributed by atoms with Gasteiger partial charge in [0, 0.05) is 13.2 Å². The van der Waals surface area contributed by atoms with Crippen LogP contribution in [0.1, 0.15) is 13.8 Å². The lowest BCUT2D eigenvalue weighted by Crippen LogP contribution is -2.36. The number of hydrogen-bond donors (Lipinski definition) is 2. The Morgan fingerprint density at radius 3 is 2.33 bits per heavy atom. The molecule has 3 nitrogen and oxygen atoms in total. The van der Waals surface area contributed by atoms with E-state index in [1.54, 1.807) is 0 Å².